The molecule has 0 aliphatic carbocycles. The lowest BCUT2D eigenvalue weighted by Gasteiger charge is -2.36. The van der Waals surface area contributed by atoms with Gasteiger partial charge in [0.1, 0.15) is 6.04 Å². The van der Waals surface area contributed by atoms with Crippen LogP contribution in [0.15, 0.2) is 36.4 Å². The van der Waals surface area contributed by atoms with Crippen molar-refractivity contribution in [2.75, 3.05) is 13.8 Å². The molecule has 0 aromatic heterocycles. The molecule has 2 aliphatic rings. The number of amides is 2. The molecule has 28 heavy (non-hydrogen) atoms. The normalized spacial score (nSPS) is 18.8. The molecule has 4 rings (SSSR count). The maximum absolute atomic E-state index is 12.8. The van der Waals surface area contributed by atoms with Gasteiger partial charge in [-0.2, -0.15) is 0 Å². The van der Waals surface area contributed by atoms with Crippen molar-refractivity contribution in [3.63, 3.8) is 0 Å². The zero-order valence-corrected chi connectivity index (χ0v) is 16.5. The zero-order chi connectivity index (χ0) is 20.0. The number of imide groups is 1. The van der Waals surface area contributed by atoms with Crippen molar-refractivity contribution in [2.45, 2.75) is 19.0 Å². The average molecular weight is 419 g/mol. The van der Waals surface area contributed by atoms with Gasteiger partial charge in [0.2, 0.25) is 0 Å². The molecule has 0 saturated carbocycles. The second-order valence-corrected chi connectivity index (χ2v) is 7.56. The standard InChI is InChI=1S/C20H16Cl2N2O4/c1-28-20(27)17-6-11-4-2-3-5-12(11)9-23(17)10-24-18(25)13-7-15(21)16(22)8-14(13)19(24)26/h2-5,7-8,17H,6,9-10H2,1H3. The van der Waals surface area contributed by atoms with Crippen LogP contribution < -0.4 is 0 Å². The highest BCUT2D eigenvalue weighted by Crippen LogP contribution is 2.32. The second kappa shape index (κ2) is 7.20. The molecule has 0 radical (unpaired) electrons. The summed E-state index contributed by atoms with van der Waals surface area (Å²) in [6.45, 7) is 0.389. The summed E-state index contributed by atoms with van der Waals surface area (Å²) in [6, 6.07) is 10.00. The van der Waals surface area contributed by atoms with Crippen LogP contribution in [0.4, 0.5) is 0 Å². The molecule has 0 bridgehead atoms. The predicted octanol–water partition coefficient (Wildman–Crippen LogP) is 3.15. The quantitative estimate of drug-likeness (QED) is 0.565. The SMILES string of the molecule is COC(=O)C1Cc2ccccc2CN1CN1C(=O)c2cc(Cl)c(Cl)cc2C1=O. The molecule has 0 saturated heterocycles. The number of halogens is 2. The van der Waals surface area contributed by atoms with Crippen LogP contribution in [-0.4, -0.2) is 47.4 Å². The summed E-state index contributed by atoms with van der Waals surface area (Å²) in [5, 5.41) is 0.422. The van der Waals surface area contributed by atoms with Crippen molar-refractivity contribution >= 4 is 41.0 Å². The summed E-state index contributed by atoms with van der Waals surface area (Å²) in [5.74, 6) is -1.32. The van der Waals surface area contributed by atoms with E-state index in [1.807, 2.05) is 24.3 Å². The van der Waals surface area contributed by atoms with Crippen LogP contribution >= 0.6 is 23.2 Å². The van der Waals surface area contributed by atoms with Crippen LogP contribution in [-0.2, 0) is 22.5 Å². The van der Waals surface area contributed by atoms with Gasteiger partial charge in [-0.15, -0.1) is 0 Å². The maximum atomic E-state index is 12.8. The minimum Gasteiger partial charge on any atom is -0.468 e. The van der Waals surface area contributed by atoms with Gasteiger partial charge < -0.3 is 4.74 Å². The number of hydrogen-bond acceptors (Lipinski definition) is 5. The minimum absolute atomic E-state index is 0.0321. The van der Waals surface area contributed by atoms with E-state index in [1.165, 1.54) is 19.2 Å². The first kappa shape index (κ1) is 18.9. The van der Waals surface area contributed by atoms with E-state index in [9.17, 15) is 14.4 Å². The maximum Gasteiger partial charge on any atom is 0.323 e. The van der Waals surface area contributed by atoms with Crippen molar-refractivity contribution in [3.05, 3.63) is 68.7 Å². The fraction of sp³-hybridized carbons (Fsp3) is 0.250. The van der Waals surface area contributed by atoms with E-state index in [0.29, 0.717) is 13.0 Å². The van der Waals surface area contributed by atoms with Gasteiger partial charge in [-0.3, -0.25) is 24.2 Å². The summed E-state index contributed by atoms with van der Waals surface area (Å²) in [4.78, 5) is 40.8. The molecule has 1 atom stereocenters. The van der Waals surface area contributed by atoms with E-state index >= 15 is 0 Å². The van der Waals surface area contributed by atoms with Gasteiger partial charge in [0.25, 0.3) is 11.8 Å². The van der Waals surface area contributed by atoms with Gasteiger partial charge in [-0.05, 0) is 29.7 Å². The van der Waals surface area contributed by atoms with Crippen molar-refractivity contribution in [3.8, 4) is 0 Å². The number of esters is 1. The van der Waals surface area contributed by atoms with E-state index < -0.39 is 23.8 Å². The Morgan fingerprint density at radius 2 is 1.64 bits per heavy atom. The number of hydrogen-bond donors (Lipinski definition) is 0. The summed E-state index contributed by atoms with van der Waals surface area (Å²) in [5.41, 5.74) is 2.53. The van der Waals surface area contributed by atoms with Gasteiger partial charge in [0, 0.05) is 6.54 Å². The molecule has 1 unspecified atom stereocenters. The van der Waals surface area contributed by atoms with Gasteiger partial charge >= 0.3 is 5.97 Å². The molecule has 2 aromatic carbocycles. The van der Waals surface area contributed by atoms with Gasteiger partial charge in [-0.1, -0.05) is 47.5 Å². The lowest BCUT2D eigenvalue weighted by atomic mass is 9.94. The third-order valence-electron chi connectivity index (χ3n) is 5.15. The summed E-state index contributed by atoms with van der Waals surface area (Å²) in [6.07, 6.45) is 0.448. The molecule has 6 nitrogen and oxygen atoms in total. The van der Waals surface area contributed by atoms with Crippen LogP contribution in [0.25, 0.3) is 0 Å². The highest BCUT2D eigenvalue weighted by Gasteiger charge is 2.40. The van der Waals surface area contributed by atoms with Crippen molar-refractivity contribution in [1.29, 1.82) is 0 Å². The highest BCUT2D eigenvalue weighted by molar-refractivity contribution is 6.43. The molecule has 0 fully saturated rings. The van der Waals surface area contributed by atoms with Crippen LogP contribution in [0.1, 0.15) is 31.8 Å². The van der Waals surface area contributed by atoms with Crippen LogP contribution in [0.2, 0.25) is 10.0 Å². The van der Waals surface area contributed by atoms with E-state index in [1.54, 1.807) is 4.90 Å². The average Bonchev–Trinajstić information content (AvgIpc) is 2.91. The number of carbonyl (C=O) groups is 3. The summed E-state index contributed by atoms with van der Waals surface area (Å²) >= 11 is 12.0. The number of rotatable bonds is 3. The molecular formula is C20H16Cl2N2O4. The van der Waals surface area contributed by atoms with Crippen molar-refractivity contribution in [2.24, 2.45) is 0 Å². The highest BCUT2D eigenvalue weighted by atomic mass is 35.5. The third kappa shape index (κ3) is 3.07. The number of fused-ring (bicyclic) bond motifs is 2. The third-order valence-corrected chi connectivity index (χ3v) is 5.88. The van der Waals surface area contributed by atoms with Crippen molar-refractivity contribution < 1.29 is 19.1 Å². The second-order valence-electron chi connectivity index (χ2n) is 6.75. The predicted molar refractivity (Wildman–Crippen MR) is 103 cm³/mol. The Bertz CT molecular complexity index is 967. The molecule has 0 spiro atoms. The fourth-order valence-electron chi connectivity index (χ4n) is 3.69. The Kier molecular flexibility index (Phi) is 4.87. The van der Waals surface area contributed by atoms with Gasteiger partial charge in [0.05, 0.1) is 35.0 Å². The van der Waals surface area contributed by atoms with Crippen LogP contribution in [0, 0.1) is 0 Å². The fourth-order valence-corrected chi connectivity index (χ4v) is 4.02. The molecule has 2 aromatic rings. The molecule has 144 valence electrons. The zero-order valence-electron chi connectivity index (χ0n) is 14.9. The minimum atomic E-state index is -0.587. The molecule has 2 amide bonds. The lowest BCUT2D eigenvalue weighted by molar-refractivity contribution is -0.148. The molecule has 2 aliphatic heterocycles. The van der Waals surface area contributed by atoms with Crippen molar-refractivity contribution in [1.82, 2.24) is 9.80 Å². The first-order valence-electron chi connectivity index (χ1n) is 8.64. The van der Waals surface area contributed by atoms with Crippen LogP contribution in [0.3, 0.4) is 0 Å². The number of methoxy groups -OCH3 is 1. The Morgan fingerprint density at radius 3 is 2.21 bits per heavy atom. The van der Waals surface area contributed by atoms with E-state index in [2.05, 4.69) is 0 Å². The topological polar surface area (TPSA) is 66.9 Å². The molecule has 0 N–H and O–H groups in total. The van der Waals surface area contributed by atoms with Gasteiger partial charge in [-0.25, -0.2) is 0 Å². The largest absolute Gasteiger partial charge is 0.468 e. The Labute approximate surface area is 171 Å². The Hall–Kier alpha value is -2.41. The lowest BCUT2D eigenvalue weighted by Crippen LogP contribution is -2.51. The smallest absolute Gasteiger partial charge is 0.323 e. The first-order chi connectivity index (χ1) is 13.4. The summed E-state index contributed by atoms with van der Waals surface area (Å²) in [7, 11) is 1.33. The summed E-state index contributed by atoms with van der Waals surface area (Å²) < 4.78 is 4.94. The number of nitrogens with zero attached hydrogens (tertiary/aromatic N) is 2. The molecular weight excluding hydrogens is 403 g/mol. The number of carbonyl (C=O) groups excluding carboxylic acids is 3. The Balaban J connectivity index is 1.65. The number of benzene rings is 2. The van der Waals surface area contributed by atoms with E-state index in [4.69, 9.17) is 27.9 Å². The monoisotopic (exact) mass is 418 g/mol. The van der Waals surface area contributed by atoms with Gasteiger partial charge in [0.15, 0.2) is 0 Å². The first-order valence-corrected chi connectivity index (χ1v) is 9.40. The van der Waals surface area contributed by atoms with Crippen LogP contribution in [0.5, 0.6) is 0 Å². The number of ether oxygens (including phenoxy) is 1. The molecule has 2 heterocycles. The Morgan fingerprint density at radius 1 is 1.07 bits per heavy atom. The molecule has 8 heteroatoms. The van der Waals surface area contributed by atoms with E-state index in [0.717, 1.165) is 16.0 Å². The van der Waals surface area contributed by atoms with E-state index in [-0.39, 0.29) is 27.8 Å².